The fraction of sp³-hybridized carbons (Fsp3) is 0.429. The van der Waals surface area contributed by atoms with Crippen molar-refractivity contribution in [3.05, 3.63) is 29.8 Å². The molecule has 0 radical (unpaired) electrons. The number of carboxylic acids is 1. The molecule has 5 heteroatoms. The average Bonchev–Trinajstić information content (AvgIpc) is 2.34. The number of thioether (sulfide) groups is 1. The van der Waals surface area contributed by atoms with Crippen molar-refractivity contribution < 1.29 is 14.7 Å². The molecule has 1 rings (SSSR count). The van der Waals surface area contributed by atoms with Crippen LogP contribution in [-0.2, 0) is 9.59 Å². The molecule has 4 nitrogen and oxygen atoms in total. The van der Waals surface area contributed by atoms with Crippen LogP contribution in [0.4, 0.5) is 0 Å². The number of aryl methyl sites for hydroxylation is 1. The molecule has 1 N–H and O–H groups in total. The molecule has 1 aromatic carbocycles. The van der Waals surface area contributed by atoms with Gasteiger partial charge < -0.3 is 10.0 Å². The lowest BCUT2D eigenvalue weighted by Gasteiger charge is -2.24. The Kier molecular flexibility index (Phi) is 5.89. The Morgan fingerprint density at radius 3 is 2.32 bits per heavy atom. The molecule has 19 heavy (non-hydrogen) atoms. The summed E-state index contributed by atoms with van der Waals surface area (Å²) in [5.74, 6) is -0.875. The number of carbonyl (C=O) groups excluding carboxylic acids is 1. The standard InChI is InChI=1S/C14H19NO3S/c1-10(2)15(8-14(17)18)13(16)9-19-12-6-4-11(3)5-7-12/h4-7,10H,8-9H2,1-3H3,(H,17,18). The smallest absolute Gasteiger partial charge is 0.323 e. The SMILES string of the molecule is Cc1ccc(SCC(=O)N(CC(=O)O)C(C)C)cc1. The number of benzene rings is 1. The summed E-state index contributed by atoms with van der Waals surface area (Å²) in [5.41, 5.74) is 1.17. The molecule has 0 heterocycles. The van der Waals surface area contributed by atoms with E-state index in [2.05, 4.69) is 0 Å². The molecule has 0 aromatic heterocycles. The minimum atomic E-state index is -0.984. The summed E-state index contributed by atoms with van der Waals surface area (Å²) in [6.45, 7) is 5.40. The van der Waals surface area contributed by atoms with Crippen LogP contribution in [-0.4, -0.2) is 40.2 Å². The van der Waals surface area contributed by atoms with Crippen molar-refractivity contribution in [3.8, 4) is 0 Å². The van der Waals surface area contributed by atoms with Crippen molar-refractivity contribution in [2.24, 2.45) is 0 Å². The van der Waals surface area contributed by atoms with Crippen molar-refractivity contribution in [2.45, 2.75) is 31.7 Å². The summed E-state index contributed by atoms with van der Waals surface area (Å²) in [4.78, 5) is 25.1. The molecule has 1 aromatic rings. The maximum atomic E-state index is 12.0. The molecule has 0 aliphatic carbocycles. The number of rotatable bonds is 6. The summed E-state index contributed by atoms with van der Waals surface area (Å²) in [5, 5.41) is 8.80. The molecular weight excluding hydrogens is 262 g/mol. The van der Waals surface area contributed by atoms with E-state index < -0.39 is 5.97 Å². The zero-order valence-corrected chi connectivity index (χ0v) is 12.2. The fourth-order valence-electron chi connectivity index (χ4n) is 1.57. The van der Waals surface area contributed by atoms with Gasteiger partial charge in [0.15, 0.2) is 0 Å². The molecule has 0 aliphatic heterocycles. The van der Waals surface area contributed by atoms with Gasteiger partial charge in [0.1, 0.15) is 6.54 Å². The molecule has 0 aliphatic rings. The van der Waals surface area contributed by atoms with Gasteiger partial charge >= 0.3 is 5.97 Å². The van der Waals surface area contributed by atoms with Crippen LogP contribution in [0.1, 0.15) is 19.4 Å². The van der Waals surface area contributed by atoms with E-state index in [0.29, 0.717) is 0 Å². The van der Waals surface area contributed by atoms with Crippen LogP contribution in [0.15, 0.2) is 29.2 Å². The Balaban J connectivity index is 2.57. The van der Waals surface area contributed by atoms with Crippen LogP contribution < -0.4 is 0 Å². The second-order valence-corrected chi connectivity index (χ2v) is 5.66. The highest BCUT2D eigenvalue weighted by Crippen LogP contribution is 2.19. The number of hydrogen-bond acceptors (Lipinski definition) is 3. The lowest BCUT2D eigenvalue weighted by atomic mass is 10.2. The second kappa shape index (κ2) is 7.19. The van der Waals surface area contributed by atoms with Gasteiger partial charge in [-0.3, -0.25) is 9.59 Å². The number of amides is 1. The number of aliphatic carboxylic acids is 1. The van der Waals surface area contributed by atoms with Gasteiger partial charge in [-0.05, 0) is 32.9 Å². The van der Waals surface area contributed by atoms with E-state index in [4.69, 9.17) is 5.11 Å². The summed E-state index contributed by atoms with van der Waals surface area (Å²) in [7, 11) is 0. The highest BCUT2D eigenvalue weighted by atomic mass is 32.2. The third-order valence-corrected chi connectivity index (χ3v) is 3.63. The molecule has 0 unspecified atom stereocenters. The topological polar surface area (TPSA) is 57.6 Å². The Morgan fingerprint density at radius 2 is 1.84 bits per heavy atom. The van der Waals surface area contributed by atoms with Crippen LogP contribution in [0, 0.1) is 6.92 Å². The van der Waals surface area contributed by atoms with E-state index in [1.165, 1.54) is 22.2 Å². The maximum absolute atomic E-state index is 12.0. The lowest BCUT2D eigenvalue weighted by molar-refractivity contribution is -0.144. The molecule has 0 fully saturated rings. The predicted molar refractivity (Wildman–Crippen MR) is 76.4 cm³/mol. The van der Waals surface area contributed by atoms with E-state index in [-0.39, 0.29) is 24.2 Å². The van der Waals surface area contributed by atoms with Crippen LogP contribution in [0.2, 0.25) is 0 Å². The van der Waals surface area contributed by atoms with Gasteiger partial charge in [-0.1, -0.05) is 17.7 Å². The van der Waals surface area contributed by atoms with Crippen LogP contribution in [0.3, 0.4) is 0 Å². The number of carbonyl (C=O) groups is 2. The van der Waals surface area contributed by atoms with Gasteiger partial charge in [0, 0.05) is 10.9 Å². The van der Waals surface area contributed by atoms with E-state index >= 15 is 0 Å². The van der Waals surface area contributed by atoms with Crippen molar-refractivity contribution in [1.82, 2.24) is 4.90 Å². The van der Waals surface area contributed by atoms with E-state index in [1.54, 1.807) is 0 Å². The third-order valence-electron chi connectivity index (χ3n) is 2.63. The van der Waals surface area contributed by atoms with Gasteiger partial charge in [0.25, 0.3) is 0 Å². The first-order valence-corrected chi connectivity index (χ1v) is 7.09. The normalized spacial score (nSPS) is 10.5. The van der Waals surface area contributed by atoms with Gasteiger partial charge in [0.05, 0.1) is 5.75 Å². The van der Waals surface area contributed by atoms with Gasteiger partial charge in [-0.15, -0.1) is 11.8 Å². The predicted octanol–water partition coefficient (Wildman–Crippen LogP) is 2.41. The Hall–Kier alpha value is -1.49. The number of hydrogen-bond donors (Lipinski definition) is 1. The largest absolute Gasteiger partial charge is 0.480 e. The summed E-state index contributed by atoms with van der Waals surface area (Å²) >= 11 is 1.43. The first kappa shape index (κ1) is 15.6. The highest BCUT2D eigenvalue weighted by molar-refractivity contribution is 8.00. The Morgan fingerprint density at radius 1 is 1.26 bits per heavy atom. The maximum Gasteiger partial charge on any atom is 0.323 e. The molecule has 0 atom stereocenters. The summed E-state index contributed by atoms with van der Waals surface area (Å²) in [6, 6.07) is 7.80. The van der Waals surface area contributed by atoms with E-state index in [1.807, 2.05) is 45.0 Å². The van der Waals surface area contributed by atoms with E-state index in [9.17, 15) is 9.59 Å². The monoisotopic (exact) mass is 281 g/mol. The zero-order valence-electron chi connectivity index (χ0n) is 11.4. The molecular formula is C14H19NO3S. The quantitative estimate of drug-likeness (QED) is 0.814. The third kappa shape index (κ3) is 5.34. The Labute approximate surface area is 117 Å². The van der Waals surface area contributed by atoms with Crippen molar-refractivity contribution in [2.75, 3.05) is 12.3 Å². The van der Waals surface area contributed by atoms with Gasteiger partial charge in [0.2, 0.25) is 5.91 Å². The summed E-state index contributed by atoms with van der Waals surface area (Å²) in [6.07, 6.45) is 0. The van der Waals surface area contributed by atoms with Crippen LogP contribution >= 0.6 is 11.8 Å². The van der Waals surface area contributed by atoms with E-state index in [0.717, 1.165) is 4.90 Å². The first-order valence-electron chi connectivity index (χ1n) is 6.11. The molecule has 1 amide bonds. The van der Waals surface area contributed by atoms with Crippen LogP contribution in [0.25, 0.3) is 0 Å². The lowest BCUT2D eigenvalue weighted by Crippen LogP contribution is -2.41. The fourth-order valence-corrected chi connectivity index (χ4v) is 2.35. The summed E-state index contributed by atoms with van der Waals surface area (Å²) < 4.78 is 0. The molecule has 0 bridgehead atoms. The Bertz CT molecular complexity index is 443. The minimum absolute atomic E-state index is 0.109. The molecule has 0 saturated carbocycles. The van der Waals surface area contributed by atoms with Crippen molar-refractivity contribution in [1.29, 1.82) is 0 Å². The molecule has 0 saturated heterocycles. The first-order chi connectivity index (χ1) is 8.90. The van der Waals surface area contributed by atoms with Crippen molar-refractivity contribution in [3.63, 3.8) is 0 Å². The number of carboxylic acid groups (broad SMARTS) is 1. The number of nitrogens with zero attached hydrogens (tertiary/aromatic N) is 1. The van der Waals surface area contributed by atoms with Crippen molar-refractivity contribution >= 4 is 23.6 Å². The average molecular weight is 281 g/mol. The highest BCUT2D eigenvalue weighted by Gasteiger charge is 2.19. The zero-order chi connectivity index (χ0) is 14.4. The van der Waals surface area contributed by atoms with Crippen LogP contribution in [0.5, 0.6) is 0 Å². The molecule has 0 spiro atoms. The second-order valence-electron chi connectivity index (χ2n) is 4.61. The van der Waals surface area contributed by atoms with Gasteiger partial charge in [-0.25, -0.2) is 0 Å². The minimum Gasteiger partial charge on any atom is -0.480 e. The molecule has 104 valence electrons. The van der Waals surface area contributed by atoms with Gasteiger partial charge in [-0.2, -0.15) is 0 Å².